The quantitative estimate of drug-likeness (QED) is 0.0625. The average Bonchev–Trinajstić information content (AvgIpc) is 1.40. The second-order valence-electron chi connectivity index (χ2n) is 33.1. The first-order valence-electron chi connectivity index (χ1n) is 40.2. The van der Waals surface area contributed by atoms with Crippen molar-refractivity contribution in [2.45, 2.75) is 84.4 Å². The van der Waals surface area contributed by atoms with E-state index in [0.29, 0.717) is 0 Å². The van der Waals surface area contributed by atoms with E-state index >= 15 is 47.9 Å². The minimum atomic E-state index is -4.82. The number of ether oxygens (including phenoxy) is 11. The van der Waals surface area contributed by atoms with Gasteiger partial charge in [0.25, 0.3) is 5.79 Å². The molecule has 0 radical (unpaired) electrons. The van der Waals surface area contributed by atoms with Crippen LogP contribution in [0.25, 0.3) is 66.8 Å². The molecule has 10 aromatic carbocycles. The highest BCUT2D eigenvalue weighted by Crippen LogP contribution is 2.69. The van der Waals surface area contributed by atoms with Crippen LogP contribution in [0.2, 0.25) is 0 Å². The molecule has 143 heavy (non-hydrogen) atoms. The fourth-order valence-corrected chi connectivity index (χ4v) is 19.2. The number of esters is 10. The Balaban J connectivity index is 0.936. The number of rotatable bonds is 2. The van der Waals surface area contributed by atoms with Gasteiger partial charge in [0.1, 0.15) is 24.9 Å². The molecular formula is C87H58O56. The van der Waals surface area contributed by atoms with Crippen LogP contribution in [0.3, 0.4) is 0 Å². The van der Waals surface area contributed by atoms with Crippen molar-refractivity contribution in [2.24, 2.45) is 0 Å². The van der Waals surface area contributed by atoms with Gasteiger partial charge < -0.3 is 231 Å². The summed E-state index contributed by atoms with van der Waals surface area (Å²) in [6.45, 7) is -6.38. The van der Waals surface area contributed by atoms with E-state index in [1.54, 1.807) is 0 Å². The van der Waals surface area contributed by atoms with Gasteiger partial charge in [-0.25, -0.2) is 47.9 Å². The Kier molecular flexibility index (Phi) is 20.0. The van der Waals surface area contributed by atoms with Crippen LogP contribution < -0.4 is 0 Å². The Morgan fingerprint density at radius 3 is 0.958 bits per heavy atom. The van der Waals surface area contributed by atoms with Crippen LogP contribution in [0.5, 0.6) is 172 Å². The van der Waals surface area contributed by atoms with Crippen LogP contribution in [0.1, 0.15) is 132 Å². The molecule has 35 N–H and O–H groups in total. The van der Waals surface area contributed by atoms with Gasteiger partial charge in [0.15, 0.2) is 158 Å². The highest BCUT2D eigenvalue weighted by atomic mass is 16.7. The van der Waals surface area contributed by atoms with Crippen molar-refractivity contribution in [3.63, 3.8) is 0 Å². The number of phenolic OH excluding ortho intramolecular Hbond substituents is 30. The van der Waals surface area contributed by atoms with Crippen molar-refractivity contribution in [3.8, 4) is 239 Å². The predicted octanol–water partition coefficient (Wildman–Crippen LogP) is 0.220. The van der Waals surface area contributed by atoms with Crippen LogP contribution in [-0.2, 0) is 52.1 Å². The van der Waals surface area contributed by atoms with Gasteiger partial charge in [-0.15, -0.1) is 0 Å². The second-order valence-corrected chi connectivity index (χ2v) is 33.1. The maximum Gasteiger partial charge on any atom is 0.341 e. The van der Waals surface area contributed by atoms with E-state index in [2.05, 4.69) is 0 Å². The monoisotopic (exact) mass is 2000 g/mol. The lowest BCUT2D eigenvalue weighted by Crippen LogP contribution is -2.68. The SMILES string of the molecule is O=C1OC[C@]2(O)OC(=O)c3cc(O)c(O)c(O)c3-c3c(O)c(O)c(O)c4c3C(=O)O[C@H]([C@@H]3OC(=O)c5c-4c(O)c(O)c(O)c5[C@@H]3c3c(O)c(O)c(O)c4c3C(=O)OC[C@@H]3OC(=O)c5cc(O)c(O)c(O)c5-c5c(O)c(O)c(O)c6c5C(=O)O[C@H]([C@H]5OC(=O)c7c-6c(O)c(O)c(O)c7[C@@H]5[C@@]5(O)OC[C@H](O)[C@@H](O)[C@H]5O)[C@@H]3OC(=O)c3cc(O)c(O)c(O)c3-4)[C@@H]2OC(=O)c2cc(O)c(O)c(O)c2-c2c1cc(O)c(O)c2O. The van der Waals surface area contributed by atoms with Crippen molar-refractivity contribution in [3.05, 3.63) is 103 Å². The molecule has 0 saturated carbocycles. The van der Waals surface area contributed by atoms with E-state index in [9.17, 15) is 179 Å². The zero-order valence-electron chi connectivity index (χ0n) is 69.7. The normalized spacial score (nSPS) is 23.9. The molecule has 1 fully saturated rings. The van der Waals surface area contributed by atoms with Crippen LogP contribution in [0, 0.1) is 0 Å². The number of hydrogen-bond donors (Lipinski definition) is 35. The van der Waals surface area contributed by atoms with Gasteiger partial charge in [-0.05, 0) is 30.3 Å². The Morgan fingerprint density at radius 2 is 0.538 bits per heavy atom. The maximum atomic E-state index is 17.1. The Hall–Kier alpha value is -19.3. The lowest BCUT2D eigenvalue weighted by Gasteiger charge is -2.51. The van der Waals surface area contributed by atoms with E-state index in [1.807, 2.05) is 0 Å². The summed E-state index contributed by atoms with van der Waals surface area (Å²) in [4.78, 5) is 161. The minimum absolute atomic E-state index is 0.00880. The maximum absolute atomic E-state index is 17.1. The first-order valence-corrected chi connectivity index (χ1v) is 40.2. The molecule has 56 heteroatoms. The van der Waals surface area contributed by atoms with Crippen molar-refractivity contribution >= 4 is 59.7 Å². The number of aliphatic hydroxyl groups is 5. The molecule has 11 heterocycles. The molecule has 12 bridgehead atoms. The number of carbonyl (C=O) groups excluding carboxylic acids is 10. The first kappa shape index (κ1) is 92.7. The van der Waals surface area contributed by atoms with Gasteiger partial charge in [-0.1, -0.05) is 0 Å². The average molecular weight is 2000 g/mol. The van der Waals surface area contributed by atoms with Gasteiger partial charge in [0.2, 0.25) is 69.4 Å². The smallest absolute Gasteiger partial charge is 0.341 e. The summed E-state index contributed by atoms with van der Waals surface area (Å²) in [5, 5.41) is 422. The van der Waals surface area contributed by atoms with E-state index in [1.165, 1.54) is 0 Å². The van der Waals surface area contributed by atoms with Crippen LogP contribution >= 0.6 is 0 Å². The number of aromatic hydroxyl groups is 30. The third-order valence-corrected chi connectivity index (χ3v) is 25.6. The molecule has 10 aromatic rings. The number of hydrogen-bond acceptors (Lipinski definition) is 56. The number of carbonyl (C=O) groups is 10. The summed E-state index contributed by atoms with van der Waals surface area (Å²) in [5.74, 6) is -101. The molecule has 21 rings (SSSR count). The molecule has 742 valence electrons. The summed E-state index contributed by atoms with van der Waals surface area (Å²) >= 11 is 0. The lowest BCUT2D eigenvalue weighted by atomic mass is 9.71. The zero-order valence-corrected chi connectivity index (χ0v) is 69.7. The molecule has 14 atom stereocenters. The topological polar surface area (TPSA) is 980 Å². The highest BCUT2D eigenvalue weighted by Gasteiger charge is 2.67. The Morgan fingerprint density at radius 1 is 0.245 bits per heavy atom. The molecule has 0 amide bonds. The van der Waals surface area contributed by atoms with Crippen molar-refractivity contribution in [2.75, 3.05) is 19.8 Å². The standard InChI is InChI=1S/C87H58O56/c88-14-1-9-21(49(100)43(14)94)22-10(2-15(89)44(95)50(22)101)79(124)142-75-73-70-35(34-39(82(127)138-70)30(58(109)67(118)62(34)113)29-38(84(129)141-73)28(56(107)65(116)57(29)108)25-13(5-18(92)47(98)53(25)104)80(125)143-86(75,131)8-134-76(9)121)33-36-26(54(105)66(117)61(33)112)24-12(4-17(91)46(97)52(24)103)78(123)137-69-20(7-133-81(36)126)136-77(122)11-3-16(90)45(96)51(102)23(11)27-37-31(59(110)64(115)55(27)106)32-40-41(63(114)68(119)60(32)111)42(71(139-85(40)130)72(69)140-83(37)128)87(132)74(120)48(99)19(93)6-135-87/h1-5,19-20,35,42,48,69-75,88-120,131-132H,6-8H2/t19-,20-,35-,42-,48+,69+,70+,71-,72-,73+,74+,75-,86-,87+/m0/s1. The van der Waals surface area contributed by atoms with E-state index in [-0.39, 0.29) is 30.3 Å². The van der Waals surface area contributed by atoms with Crippen molar-refractivity contribution < 1.29 is 279 Å². The molecule has 0 spiro atoms. The van der Waals surface area contributed by atoms with E-state index < -0.39 is 476 Å². The molecule has 0 unspecified atom stereocenters. The van der Waals surface area contributed by atoms with E-state index in [4.69, 9.17) is 52.1 Å². The molecule has 0 aliphatic carbocycles. The van der Waals surface area contributed by atoms with Gasteiger partial charge in [0.05, 0.1) is 74.1 Å². The molecular weight excluding hydrogens is 1940 g/mol. The number of phenols is 30. The zero-order chi connectivity index (χ0) is 104. The van der Waals surface area contributed by atoms with Crippen LogP contribution in [-0.4, -0.2) is 331 Å². The molecule has 0 aromatic heterocycles. The largest absolute Gasteiger partial charge is 0.504 e. The van der Waals surface area contributed by atoms with Crippen LogP contribution in [0.15, 0.2) is 30.3 Å². The molecule has 11 aliphatic heterocycles. The van der Waals surface area contributed by atoms with Crippen molar-refractivity contribution in [1.82, 2.24) is 0 Å². The number of aliphatic hydroxyl groups excluding tert-OH is 3. The minimum Gasteiger partial charge on any atom is -0.504 e. The Labute approximate surface area is 781 Å². The van der Waals surface area contributed by atoms with Crippen LogP contribution in [0.4, 0.5) is 0 Å². The molecule has 11 aliphatic rings. The number of benzene rings is 10. The lowest BCUT2D eigenvalue weighted by molar-refractivity contribution is -0.341. The molecule has 1 saturated heterocycles. The fourth-order valence-electron chi connectivity index (χ4n) is 19.2. The van der Waals surface area contributed by atoms with Gasteiger partial charge in [0, 0.05) is 83.5 Å². The Bertz CT molecular complexity index is 7700. The van der Waals surface area contributed by atoms with Gasteiger partial charge in [-0.2, -0.15) is 0 Å². The number of cyclic esters (lactones) is 2. The first-order chi connectivity index (χ1) is 67.1. The molecule has 56 nitrogen and oxygen atoms in total. The fraction of sp³-hybridized carbons (Fsp3) is 0.195. The summed E-state index contributed by atoms with van der Waals surface area (Å²) in [5.41, 5.74) is -46.0. The third kappa shape index (κ3) is 12.3. The van der Waals surface area contributed by atoms with Gasteiger partial charge in [-0.3, -0.25) is 0 Å². The summed E-state index contributed by atoms with van der Waals surface area (Å²) in [7, 11) is 0. The number of fused-ring (bicyclic) bond motifs is 14. The summed E-state index contributed by atoms with van der Waals surface area (Å²) in [6, 6.07) is -0.0221. The summed E-state index contributed by atoms with van der Waals surface area (Å²) in [6.07, 6.45) is -34.4. The highest BCUT2D eigenvalue weighted by molar-refractivity contribution is 6.20. The van der Waals surface area contributed by atoms with E-state index in [0.717, 1.165) is 0 Å². The second kappa shape index (κ2) is 30.8. The van der Waals surface area contributed by atoms with Gasteiger partial charge >= 0.3 is 59.7 Å². The predicted molar refractivity (Wildman–Crippen MR) is 437 cm³/mol. The third-order valence-electron chi connectivity index (χ3n) is 25.6. The van der Waals surface area contributed by atoms with Crippen molar-refractivity contribution in [1.29, 1.82) is 0 Å². The summed E-state index contributed by atoms with van der Waals surface area (Å²) < 4.78 is 64.2.